The fourth-order valence-electron chi connectivity index (χ4n) is 3.33. The predicted octanol–water partition coefficient (Wildman–Crippen LogP) is 3.71. The van der Waals surface area contributed by atoms with Gasteiger partial charge < -0.3 is 10.1 Å². The van der Waals surface area contributed by atoms with Crippen LogP contribution in [0.15, 0.2) is 42.6 Å². The molecule has 0 aliphatic rings. The van der Waals surface area contributed by atoms with Crippen LogP contribution in [-0.2, 0) is 6.42 Å². The van der Waals surface area contributed by atoms with E-state index in [1.807, 2.05) is 11.3 Å². The summed E-state index contributed by atoms with van der Waals surface area (Å²) in [6.07, 6.45) is 4.35. The van der Waals surface area contributed by atoms with Crippen molar-refractivity contribution in [1.29, 1.82) is 0 Å². The molecule has 0 fully saturated rings. The van der Waals surface area contributed by atoms with Gasteiger partial charge in [-0.3, -0.25) is 18.9 Å². The van der Waals surface area contributed by atoms with Crippen LogP contribution in [0, 0.1) is 0 Å². The topological polar surface area (TPSA) is 75.9 Å². The van der Waals surface area contributed by atoms with E-state index in [1.165, 1.54) is 0 Å². The summed E-state index contributed by atoms with van der Waals surface area (Å²) in [7, 11) is 3.29. The van der Waals surface area contributed by atoms with Crippen molar-refractivity contribution in [3.8, 4) is 5.75 Å². The second kappa shape index (κ2) is 9.43. The Balaban J connectivity index is 1.99. The van der Waals surface area contributed by atoms with Gasteiger partial charge >= 0.3 is 0 Å². The molecule has 2 amide bonds. The maximum absolute atomic E-state index is 13.2. The minimum atomic E-state index is -0.178. The molecule has 1 aromatic carbocycles. The molecule has 1 N–H and O–H groups in total. The van der Waals surface area contributed by atoms with Crippen LogP contribution >= 0.6 is 0 Å². The van der Waals surface area contributed by atoms with Crippen LogP contribution in [0.1, 0.15) is 53.1 Å². The van der Waals surface area contributed by atoms with Gasteiger partial charge in [0.15, 0.2) is 0 Å². The molecular weight excluding hydrogens is 380 g/mol. The number of fused-ring (bicyclic) bond motifs is 1. The lowest BCUT2D eigenvalue weighted by molar-refractivity contribution is 0.0951. The summed E-state index contributed by atoms with van der Waals surface area (Å²) in [4.78, 5) is 31.9. The number of amides is 2. The molecule has 30 heavy (non-hydrogen) atoms. The molecule has 0 saturated heterocycles. The van der Waals surface area contributed by atoms with E-state index in [4.69, 9.17) is 4.74 Å². The molecule has 2 heterocycles. The lowest BCUT2D eigenvalue weighted by Gasteiger charge is -2.19. The summed E-state index contributed by atoms with van der Waals surface area (Å²) in [5.41, 5.74) is 2.53. The van der Waals surface area contributed by atoms with E-state index >= 15 is 0 Å². The number of rotatable bonds is 8. The van der Waals surface area contributed by atoms with E-state index in [0.717, 1.165) is 18.5 Å². The average Bonchev–Trinajstić information content (AvgIpc) is 3.16. The van der Waals surface area contributed by atoms with Crippen molar-refractivity contribution in [2.75, 3.05) is 25.6 Å². The van der Waals surface area contributed by atoms with E-state index in [2.05, 4.69) is 17.2 Å². The highest BCUT2D eigenvalue weighted by Gasteiger charge is 2.22. The standard InChI is InChI=1S/C23H28N4O3/c1-5-7-13-24-21(28)17-11-12-20-25-19(6-2)22(27(20)15-17)26(3)23(29)16-9-8-10-18(14-16)30-4/h8-12,14-15H,5-7,13H2,1-4H3,(H,24,28). The second-order valence-corrected chi connectivity index (χ2v) is 7.09. The van der Waals surface area contributed by atoms with Crippen molar-refractivity contribution in [3.05, 3.63) is 59.4 Å². The highest BCUT2D eigenvalue weighted by molar-refractivity contribution is 6.06. The Morgan fingerprint density at radius 1 is 1.17 bits per heavy atom. The van der Waals surface area contributed by atoms with E-state index < -0.39 is 0 Å². The van der Waals surface area contributed by atoms with Crippen molar-refractivity contribution in [1.82, 2.24) is 14.7 Å². The number of hydrogen-bond acceptors (Lipinski definition) is 4. The zero-order valence-corrected chi connectivity index (χ0v) is 17.9. The Morgan fingerprint density at radius 3 is 2.67 bits per heavy atom. The third-order valence-corrected chi connectivity index (χ3v) is 5.01. The number of hydrogen-bond donors (Lipinski definition) is 1. The summed E-state index contributed by atoms with van der Waals surface area (Å²) in [6, 6.07) is 10.6. The fourth-order valence-corrected chi connectivity index (χ4v) is 3.33. The summed E-state index contributed by atoms with van der Waals surface area (Å²) in [5.74, 6) is 0.964. The Hall–Kier alpha value is -3.35. The number of unbranched alkanes of at least 4 members (excludes halogenated alkanes) is 1. The number of methoxy groups -OCH3 is 1. The molecule has 0 aliphatic carbocycles. The normalized spacial score (nSPS) is 10.8. The van der Waals surface area contributed by atoms with Crippen LogP contribution in [0.3, 0.4) is 0 Å². The highest BCUT2D eigenvalue weighted by atomic mass is 16.5. The van der Waals surface area contributed by atoms with Crippen LogP contribution in [0.4, 0.5) is 5.82 Å². The first kappa shape index (κ1) is 21.4. The van der Waals surface area contributed by atoms with Crippen LogP contribution in [0.5, 0.6) is 5.75 Å². The second-order valence-electron chi connectivity index (χ2n) is 7.09. The van der Waals surface area contributed by atoms with Crippen molar-refractivity contribution < 1.29 is 14.3 Å². The van der Waals surface area contributed by atoms with Gasteiger partial charge in [-0.2, -0.15) is 0 Å². The minimum Gasteiger partial charge on any atom is -0.497 e. The maximum atomic E-state index is 13.2. The molecule has 2 aromatic heterocycles. The largest absolute Gasteiger partial charge is 0.497 e. The predicted molar refractivity (Wildman–Crippen MR) is 118 cm³/mol. The molecule has 0 saturated carbocycles. The Labute approximate surface area is 176 Å². The SMILES string of the molecule is CCCCNC(=O)c1ccc2nc(CC)c(N(C)C(=O)c3cccc(OC)c3)n2c1. The molecule has 7 nitrogen and oxygen atoms in total. The quantitative estimate of drug-likeness (QED) is 0.577. The van der Waals surface area contributed by atoms with Crippen molar-refractivity contribution in [3.63, 3.8) is 0 Å². The molecule has 0 aliphatic heterocycles. The Bertz CT molecular complexity index is 1060. The zero-order chi connectivity index (χ0) is 21.7. The number of carbonyl (C=O) groups excluding carboxylic acids is 2. The van der Waals surface area contributed by atoms with E-state index in [0.29, 0.717) is 41.3 Å². The number of ether oxygens (including phenoxy) is 1. The lowest BCUT2D eigenvalue weighted by atomic mass is 10.2. The molecular formula is C23H28N4O3. The monoisotopic (exact) mass is 408 g/mol. The number of anilines is 1. The summed E-state index contributed by atoms with van der Waals surface area (Å²) < 4.78 is 7.05. The van der Waals surface area contributed by atoms with Crippen molar-refractivity contribution >= 4 is 23.3 Å². The van der Waals surface area contributed by atoms with Gasteiger partial charge in [-0.15, -0.1) is 0 Å². The maximum Gasteiger partial charge on any atom is 0.259 e. The van der Waals surface area contributed by atoms with Gasteiger partial charge in [0.05, 0.1) is 18.4 Å². The summed E-state index contributed by atoms with van der Waals surface area (Å²) >= 11 is 0. The first-order chi connectivity index (χ1) is 14.5. The number of pyridine rings is 1. The third-order valence-electron chi connectivity index (χ3n) is 5.01. The van der Waals surface area contributed by atoms with E-state index in [9.17, 15) is 9.59 Å². The molecule has 0 unspecified atom stereocenters. The first-order valence-electron chi connectivity index (χ1n) is 10.2. The van der Waals surface area contributed by atoms with Crippen molar-refractivity contribution in [2.45, 2.75) is 33.1 Å². The molecule has 158 valence electrons. The molecule has 3 rings (SSSR count). The van der Waals surface area contributed by atoms with Gasteiger partial charge in [0.25, 0.3) is 11.8 Å². The molecule has 0 atom stereocenters. The number of aromatic nitrogens is 2. The Kier molecular flexibility index (Phi) is 6.72. The minimum absolute atomic E-state index is 0.134. The van der Waals surface area contributed by atoms with Crippen LogP contribution in [0.2, 0.25) is 0 Å². The highest BCUT2D eigenvalue weighted by Crippen LogP contribution is 2.25. The van der Waals surface area contributed by atoms with Crippen molar-refractivity contribution in [2.24, 2.45) is 0 Å². The smallest absolute Gasteiger partial charge is 0.259 e. The number of benzene rings is 1. The average molecular weight is 409 g/mol. The zero-order valence-electron chi connectivity index (χ0n) is 17.9. The number of nitrogens with one attached hydrogen (secondary N) is 1. The molecule has 3 aromatic rings. The lowest BCUT2D eigenvalue weighted by Crippen LogP contribution is -2.28. The molecule has 0 bridgehead atoms. The fraction of sp³-hybridized carbons (Fsp3) is 0.348. The van der Waals surface area contributed by atoms with Gasteiger partial charge in [-0.1, -0.05) is 26.3 Å². The summed E-state index contributed by atoms with van der Waals surface area (Å²) in [5, 5.41) is 2.93. The Morgan fingerprint density at radius 2 is 1.97 bits per heavy atom. The van der Waals surface area contributed by atoms with Gasteiger partial charge in [-0.25, -0.2) is 4.98 Å². The third kappa shape index (κ3) is 4.30. The molecule has 0 radical (unpaired) electrons. The summed E-state index contributed by atoms with van der Waals surface area (Å²) in [6.45, 7) is 4.71. The van der Waals surface area contributed by atoms with Crippen LogP contribution in [-0.4, -0.2) is 41.9 Å². The number of nitrogens with zero attached hydrogens (tertiary/aromatic N) is 3. The van der Waals surface area contributed by atoms with Gasteiger partial charge in [0.1, 0.15) is 17.2 Å². The first-order valence-corrected chi connectivity index (χ1v) is 10.2. The number of carbonyl (C=O) groups is 2. The number of imidazole rings is 1. The van der Waals surface area contributed by atoms with E-state index in [1.54, 1.807) is 61.7 Å². The molecule has 7 heteroatoms. The van der Waals surface area contributed by atoms with Crippen LogP contribution < -0.4 is 15.0 Å². The van der Waals surface area contributed by atoms with Crippen LogP contribution in [0.25, 0.3) is 5.65 Å². The van der Waals surface area contributed by atoms with Gasteiger partial charge in [0, 0.05) is 25.4 Å². The van der Waals surface area contributed by atoms with Gasteiger partial charge in [-0.05, 0) is 43.2 Å². The van der Waals surface area contributed by atoms with Gasteiger partial charge in [0.2, 0.25) is 0 Å². The number of aryl methyl sites for hydroxylation is 1. The van der Waals surface area contributed by atoms with E-state index in [-0.39, 0.29) is 11.8 Å². The molecule has 0 spiro atoms.